The molecule has 3 fully saturated rings. The SMILES string of the molecule is CC1CN2CCCCC2CN1CC1(O)CCCCC1. The van der Waals surface area contributed by atoms with Crippen LogP contribution in [-0.4, -0.2) is 58.8 Å². The van der Waals surface area contributed by atoms with E-state index in [1.165, 1.54) is 58.2 Å². The van der Waals surface area contributed by atoms with Crippen LogP contribution in [0.5, 0.6) is 0 Å². The molecule has 1 saturated carbocycles. The van der Waals surface area contributed by atoms with Crippen LogP contribution in [0.2, 0.25) is 0 Å². The average Bonchev–Trinajstić information content (AvgIpc) is 2.40. The molecule has 2 aliphatic heterocycles. The van der Waals surface area contributed by atoms with Gasteiger partial charge in [-0.15, -0.1) is 0 Å². The summed E-state index contributed by atoms with van der Waals surface area (Å²) in [5, 5.41) is 10.8. The van der Waals surface area contributed by atoms with E-state index in [2.05, 4.69) is 16.7 Å². The summed E-state index contributed by atoms with van der Waals surface area (Å²) < 4.78 is 0. The Labute approximate surface area is 118 Å². The maximum absolute atomic E-state index is 10.8. The molecular formula is C16H30N2O. The summed E-state index contributed by atoms with van der Waals surface area (Å²) in [5.41, 5.74) is -0.386. The third-order valence-electron chi connectivity index (χ3n) is 5.60. The number of piperidine rings is 1. The van der Waals surface area contributed by atoms with Crippen molar-refractivity contribution in [1.82, 2.24) is 9.80 Å². The molecule has 0 radical (unpaired) electrons. The summed E-state index contributed by atoms with van der Waals surface area (Å²) in [4.78, 5) is 5.27. The number of nitrogens with zero attached hydrogens (tertiary/aromatic N) is 2. The zero-order valence-corrected chi connectivity index (χ0v) is 12.5. The van der Waals surface area contributed by atoms with Gasteiger partial charge in [0.2, 0.25) is 0 Å². The number of fused-ring (bicyclic) bond motifs is 1. The topological polar surface area (TPSA) is 26.7 Å². The Balaban J connectivity index is 1.60. The van der Waals surface area contributed by atoms with Gasteiger partial charge in [-0.25, -0.2) is 0 Å². The molecule has 0 aromatic carbocycles. The van der Waals surface area contributed by atoms with E-state index in [9.17, 15) is 5.11 Å². The van der Waals surface area contributed by atoms with E-state index in [0.29, 0.717) is 6.04 Å². The van der Waals surface area contributed by atoms with Crippen molar-refractivity contribution in [2.75, 3.05) is 26.2 Å². The molecule has 0 bridgehead atoms. The van der Waals surface area contributed by atoms with Gasteiger partial charge in [-0.2, -0.15) is 0 Å². The third kappa shape index (κ3) is 3.14. The molecule has 19 heavy (non-hydrogen) atoms. The first-order chi connectivity index (χ1) is 9.16. The number of hydrogen-bond acceptors (Lipinski definition) is 3. The fourth-order valence-corrected chi connectivity index (χ4v) is 4.38. The van der Waals surface area contributed by atoms with E-state index >= 15 is 0 Å². The van der Waals surface area contributed by atoms with Gasteiger partial charge in [-0.3, -0.25) is 9.80 Å². The molecular weight excluding hydrogens is 236 g/mol. The lowest BCUT2D eigenvalue weighted by Gasteiger charge is -2.49. The Bertz CT molecular complexity index is 301. The lowest BCUT2D eigenvalue weighted by molar-refractivity contribution is -0.0639. The molecule has 110 valence electrons. The Kier molecular flexibility index (Phi) is 4.16. The molecule has 3 rings (SSSR count). The zero-order valence-electron chi connectivity index (χ0n) is 12.5. The van der Waals surface area contributed by atoms with Crippen LogP contribution in [-0.2, 0) is 0 Å². The molecule has 2 atom stereocenters. The lowest BCUT2D eigenvalue weighted by Crippen LogP contribution is -2.61. The molecule has 2 heterocycles. The van der Waals surface area contributed by atoms with Crippen LogP contribution in [0.1, 0.15) is 58.3 Å². The second kappa shape index (κ2) is 5.71. The standard InChI is InChI=1S/C16H30N2O/c1-14-11-17-10-6-3-7-15(17)12-18(14)13-16(19)8-4-2-5-9-16/h14-15,19H,2-13H2,1H3. The van der Waals surface area contributed by atoms with Gasteiger partial charge in [0.25, 0.3) is 0 Å². The highest BCUT2D eigenvalue weighted by atomic mass is 16.3. The molecule has 3 aliphatic rings. The van der Waals surface area contributed by atoms with Gasteiger partial charge in [-0.1, -0.05) is 25.7 Å². The largest absolute Gasteiger partial charge is 0.389 e. The van der Waals surface area contributed by atoms with E-state index in [1.807, 2.05) is 0 Å². The summed E-state index contributed by atoms with van der Waals surface area (Å²) in [6.07, 6.45) is 9.93. The minimum atomic E-state index is -0.386. The van der Waals surface area contributed by atoms with Crippen molar-refractivity contribution < 1.29 is 5.11 Å². The maximum atomic E-state index is 10.8. The predicted octanol–water partition coefficient (Wildman–Crippen LogP) is 2.24. The molecule has 3 nitrogen and oxygen atoms in total. The van der Waals surface area contributed by atoms with Crippen LogP contribution in [0.3, 0.4) is 0 Å². The van der Waals surface area contributed by atoms with Gasteiger partial charge in [0.1, 0.15) is 0 Å². The highest BCUT2D eigenvalue weighted by Crippen LogP contribution is 2.31. The number of piperazine rings is 1. The molecule has 0 aromatic heterocycles. The lowest BCUT2D eigenvalue weighted by atomic mass is 9.83. The van der Waals surface area contributed by atoms with Crippen LogP contribution < -0.4 is 0 Å². The van der Waals surface area contributed by atoms with E-state index in [4.69, 9.17) is 0 Å². The van der Waals surface area contributed by atoms with Crippen molar-refractivity contribution in [2.24, 2.45) is 0 Å². The van der Waals surface area contributed by atoms with Crippen molar-refractivity contribution in [3.8, 4) is 0 Å². The molecule has 1 aliphatic carbocycles. The number of rotatable bonds is 2. The zero-order chi connectivity index (χ0) is 13.3. The van der Waals surface area contributed by atoms with E-state index in [-0.39, 0.29) is 5.60 Å². The van der Waals surface area contributed by atoms with Gasteiger partial charge in [0, 0.05) is 31.7 Å². The average molecular weight is 266 g/mol. The summed E-state index contributed by atoms with van der Waals surface area (Å²) in [6.45, 7) is 6.95. The van der Waals surface area contributed by atoms with E-state index in [0.717, 1.165) is 25.4 Å². The van der Waals surface area contributed by atoms with Crippen molar-refractivity contribution >= 4 is 0 Å². The van der Waals surface area contributed by atoms with Gasteiger partial charge in [0.15, 0.2) is 0 Å². The number of aliphatic hydroxyl groups is 1. The molecule has 1 N–H and O–H groups in total. The summed E-state index contributed by atoms with van der Waals surface area (Å²) in [7, 11) is 0. The number of β-amino-alcohol motifs (C(OH)–C–C–N with tert-alkyl or cyclic N) is 1. The smallest absolute Gasteiger partial charge is 0.0774 e. The monoisotopic (exact) mass is 266 g/mol. The minimum Gasteiger partial charge on any atom is -0.389 e. The van der Waals surface area contributed by atoms with Crippen LogP contribution in [0.4, 0.5) is 0 Å². The first-order valence-electron chi connectivity index (χ1n) is 8.37. The Morgan fingerprint density at radius 1 is 1.05 bits per heavy atom. The maximum Gasteiger partial charge on any atom is 0.0774 e. The van der Waals surface area contributed by atoms with Gasteiger partial charge in [0.05, 0.1) is 5.60 Å². The Hall–Kier alpha value is -0.120. The van der Waals surface area contributed by atoms with Crippen LogP contribution >= 0.6 is 0 Å². The Morgan fingerprint density at radius 3 is 2.63 bits per heavy atom. The predicted molar refractivity (Wildman–Crippen MR) is 78.3 cm³/mol. The van der Waals surface area contributed by atoms with Gasteiger partial charge in [-0.05, 0) is 39.2 Å². The molecule has 2 saturated heterocycles. The van der Waals surface area contributed by atoms with Crippen LogP contribution in [0.25, 0.3) is 0 Å². The van der Waals surface area contributed by atoms with E-state index < -0.39 is 0 Å². The quantitative estimate of drug-likeness (QED) is 0.830. The molecule has 3 heteroatoms. The van der Waals surface area contributed by atoms with Gasteiger partial charge >= 0.3 is 0 Å². The summed E-state index contributed by atoms with van der Waals surface area (Å²) in [5.74, 6) is 0. The summed E-state index contributed by atoms with van der Waals surface area (Å²) in [6, 6.07) is 1.37. The highest BCUT2D eigenvalue weighted by Gasteiger charge is 2.38. The number of hydrogen-bond donors (Lipinski definition) is 1. The Morgan fingerprint density at radius 2 is 1.84 bits per heavy atom. The molecule has 0 aromatic rings. The summed E-state index contributed by atoms with van der Waals surface area (Å²) >= 11 is 0. The second-order valence-electron chi connectivity index (χ2n) is 7.21. The minimum absolute atomic E-state index is 0.386. The molecule has 0 spiro atoms. The van der Waals surface area contributed by atoms with Crippen molar-refractivity contribution in [3.63, 3.8) is 0 Å². The van der Waals surface area contributed by atoms with Crippen molar-refractivity contribution in [3.05, 3.63) is 0 Å². The second-order valence-corrected chi connectivity index (χ2v) is 7.21. The fourth-order valence-electron chi connectivity index (χ4n) is 4.38. The van der Waals surface area contributed by atoms with Gasteiger partial charge < -0.3 is 5.11 Å². The van der Waals surface area contributed by atoms with E-state index in [1.54, 1.807) is 0 Å². The molecule has 2 unspecified atom stereocenters. The first kappa shape index (κ1) is 13.8. The molecule has 0 amide bonds. The van der Waals surface area contributed by atoms with Crippen molar-refractivity contribution in [2.45, 2.75) is 76.0 Å². The third-order valence-corrected chi connectivity index (χ3v) is 5.60. The van der Waals surface area contributed by atoms with Crippen LogP contribution in [0.15, 0.2) is 0 Å². The van der Waals surface area contributed by atoms with Crippen LogP contribution in [0, 0.1) is 0 Å². The first-order valence-corrected chi connectivity index (χ1v) is 8.37. The highest BCUT2D eigenvalue weighted by molar-refractivity contribution is 4.93. The fraction of sp³-hybridized carbons (Fsp3) is 1.00. The normalized spacial score (nSPS) is 36.9. The van der Waals surface area contributed by atoms with Crippen molar-refractivity contribution in [1.29, 1.82) is 0 Å².